The average Bonchev–Trinajstić information content (AvgIpc) is 3.76. The molecular weight excluding hydrogens is 564 g/mol. The number of ether oxygens (including phenoxy) is 2. The second-order valence-electron chi connectivity index (χ2n) is 9.30. The number of aromatic nitrogens is 1. The highest BCUT2D eigenvalue weighted by molar-refractivity contribution is 6.30. The molecule has 0 radical (unpaired) electrons. The van der Waals surface area contributed by atoms with E-state index in [1.807, 2.05) is 0 Å². The van der Waals surface area contributed by atoms with Crippen LogP contribution in [0.5, 0.6) is 5.75 Å². The van der Waals surface area contributed by atoms with E-state index in [0.29, 0.717) is 43.8 Å². The summed E-state index contributed by atoms with van der Waals surface area (Å²) in [5.74, 6) is -5.76. The van der Waals surface area contributed by atoms with Gasteiger partial charge in [0, 0.05) is 30.4 Å². The molecule has 216 valence electrons. The fraction of sp³-hybridized carbons (Fsp3) is 0.440. The Morgan fingerprint density at radius 1 is 1.20 bits per heavy atom. The van der Waals surface area contributed by atoms with Crippen LogP contribution in [0.1, 0.15) is 42.1 Å². The molecule has 1 saturated carbocycles. The molecule has 1 aliphatic carbocycles. The van der Waals surface area contributed by atoms with Gasteiger partial charge in [-0.1, -0.05) is 17.2 Å². The number of benzene rings is 1. The number of rotatable bonds is 7. The number of amides is 1. The van der Waals surface area contributed by atoms with Crippen LogP contribution in [-0.2, 0) is 14.3 Å². The summed E-state index contributed by atoms with van der Waals surface area (Å²) in [6.45, 7) is 0.599. The maximum absolute atomic E-state index is 15.6. The number of hydrogen-bond acceptors (Lipinski definition) is 8. The molecule has 2 aliphatic rings. The lowest BCUT2D eigenvalue weighted by Crippen LogP contribution is -2.34. The van der Waals surface area contributed by atoms with E-state index in [9.17, 15) is 32.3 Å². The summed E-state index contributed by atoms with van der Waals surface area (Å²) < 4.78 is 64.3. The van der Waals surface area contributed by atoms with Crippen molar-refractivity contribution in [2.24, 2.45) is 5.73 Å². The van der Waals surface area contributed by atoms with Crippen molar-refractivity contribution in [3.8, 4) is 5.75 Å². The van der Waals surface area contributed by atoms with Crippen LogP contribution < -0.4 is 26.1 Å². The molecule has 0 spiro atoms. The van der Waals surface area contributed by atoms with Gasteiger partial charge >= 0.3 is 18.1 Å². The Morgan fingerprint density at radius 2 is 1.85 bits per heavy atom. The van der Waals surface area contributed by atoms with Gasteiger partial charge in [-0.25, -0.2) is 14.0 Å². The van der Waals surface area contributed by atoms with Crippen LogP contribution >= 0.6 is 11.6 Å². The molecule has 3 N–H and O–H groups in total. The first-order valence-electron chi connectivity index (χ1n) is 12.2. The lowest BCUT2D eigenvalue weighted by Gasteiger charge is -2.33. The van der Waals surface area contributed by atoms with Crippen LogP contribution in [0.2, 0.25) is 0 Å². The molecule has 2 fully saturated rings. The number of alkyl halides is 3. The molecule has 2 heterocycles. The van der Waals surface area contributed by atoms with E-state index in [1.165, 1.54) is 11.7 Å². The van der Waals surface area contributed by atoms with Crippen molar-refractivity contribution in [3.05, 3.63) is 44.5 Å². The monoisotopic (exact) mass is 588 g/mol. The smallest absolute Gasteiger partial charge is 0.491 e. The summed E-state index contributed by atoms with van der Waals surface area (Å²) in [5.41, 5.74) is 4.44. The van der Waals surface area contributed by atoms with Crippen LogP contribution in [0.3, 0.4) is 0 Å². The number of anilines is 1. The number of carbonyl (C=O) groups is 3. The average molecular weight is 589 g/mol. The zero-order chi connectivity index (χ0) is 29.4. The molecule has 1 aliphatic heterocycles. The third kappa shape index (κ3) is 5.92. The maximum Gasteiger partial charge on any atom is 0.491 e. The van der Waals surface area contributed by atoms with Crippen molar-refractivity contribution >= 4 is 46.0 Å². The Labute approximate surface area is 229 Å². The highest BCUT2D eigenvalue weighted by atomic mass is 35.5. The van der Waals surface area contributed by atoms with Gasteiger partial charge in [-0.3, -0.25) is 9.59 Å². The molecule has 10 nitrogen and oxygen atoms in total. The standard InChI is InChI=1S/C25H25ClF4N4O6/c1-39-22-19-14(21(36)15(11-34(19)13-2-3-13)23(37)40-24(38)25(28,29)30)8-17(27)20(22)33-6-4-12(5-7-33)16(26)10-32-18(35)9-31/h8,11,13H,2-7,9-10,31H2,1H3,(H,32,35). The Bertz CT molecular complexity index is 1460. The van der Waals surface area contributed by atoms with Gasteiger partial charge < -0.3 is 30.0 Å². The van der Waals surface area contributed by atoms with Crippen molar-refractivity contribution in [1.29, 1.82) is 0 Å². The predicted octanol–water partition coefficient (Wildman–Crippen LogP) is 2.90. The summed E-state index contributed by atoms with van der Waals surface area (Å²) >= 11 is 6.35. The number of nitrogens with two attached hydrogens (primary N) is 1. The molecular formula is C25H25ClF4N4O6. The predicted molar refractivity (Wildman–Crippen MR) is 136 cm³/mol. The van der Waals surface area contributed by atoms with Crippen molar-refractivity contribution in [1.82, 2.24) is 9.88 Å². The van der Waals surface area contributed by atoms with Crippen molar-refractivity contribution < 1.29 is 41.4 Å². The number of esters is 2. The summed E-state index contributed by atoms with van der Waals surface area (Å²) in [6.07, 6.45) is -2.28. The van der Waals surface area contributed by atoms with Crippen molar-refractivity contribution in [3.63, 3.8) is 0 Å². The minimum atomic E-state index is -5.45. The minimum Gasteiger partial charge on any atom is -0.492 e. The first kappa shape index (κ1) is 29.3. The van der Waals surface area contributed by atoms with Crippen LogP contribution in [0.25, 0.3) is 10.9 Å². The second-order valence-corrected chi connectivity index (χ2v) is 9.75. The zero-order valence-electron chi connectivity index (χ0n) is 21.2. The number of fused-ring (bicyclic) bond motifs is 1. The number of pyridine rings is 1. The molecule has 1 saturated heterocycles. The third-order valence-electron chi connectivity index (χ3n) is 6.67. The van der Waals surface area contributed by atoms with Crippen LogP contribution in [0.15, 0.2) is 27.7 Å². The molecule has 1 aromatic heterocycles. The molecule has 1 amide bonds. The van der Waals surface area contributed by atoms with Gasteiger partial charge in [-0.05, 0) is 31.7 Å². The van der Waals surface area contributed by atoms with Gasteiger partial charge in [0.15, 0.2) is 11.6 Å². The van der Waals surface area contributed by atoms with Crippen LogP contribution in [0.4, 0.5) is 23.2 Å². The van der Waals surface area contributed by atoms with E-state index >= 15 is 4.39 Å². The lowest BCUT2D eigenvalue weighted by atomic mass is 10.0. The Kier molecular flexibility index (Phi) is 8.40. The lowest BCUT2D eigenvalue weighted by molar-refractivity contribution is -0.193. The Hall–Kier alpha value is -3.65. The fourth-order valence-electron chi connectivity index (χ4n) is 4.56. The topological polar surface area (TPSA) is 133 Å². The van der Waals surface area contributed by atoms with E-state index in [1.54, 1.807) is 4.90 Å². The Balaban J connectivity index is 1.72. The largest absolute Gasteiger partial charge is 0.492 e. The zero-order valence-corrected chi connectivity index (χ0v) is 22.0. The number of nitrogens with zero attached hydrogens (tertiary/aromatic N) is 2. The molecule has 40 heavy (non-hydrogen) atoms. The first-order valence-corrected chi connectivity index (χ1v) is 12.6. The van der Waals surface area contributed by atoms with Gasteiger partial charge in [-0.2, -0.15) is 13.2 Å². The summed E-state index contributed by atoms with van der Waals surface area (Å²) in [7, 11) is 1.29. The fourth-order valence-corrected chi connectivity index (χ4v) is 4.81. The van der Waals surface area contributed by atoms with Crippen LogP contribution in [0, 0.1) is 5.82 Å². The van der Waals surface area contributed by atoms with Gasteiger partial charge in [0.05, 0.1) is 31.1 Å². The number of carbonyl (C=O) groups excluding carboxylic acids is 3. The SMILES string of the molecule is COc1c(N2CCC(=C(Cl)CNC(=O)CN)CC2)c(F)cc2c(=O)c(C(=O)OC(=O)C(F)(F)F)cn(C3CC3)c12. The van der Waals surface area contributed by atoms with Crippen LogP contribution in [-0.4, -0.2) is 61.9 Å². The highest BCUT2D eigenvalue weighted by Gasteiger charge is 2.43. The van der Waals surface area contributed by atoms with Crippen molar-refractivity contribution in [2.75, 3.05) is 38.2 Å². The second kappa shape index (κ2) is 11.5. The first-order chi connectivity index (χ1) is 18.9. The molecule has 4 rings (SSSR count). The van der Waals surface area contributed by atoms with E-state index in [4.69, 9.17) is 22.1 Å². The van der Waals surface area contributed by atoms with Gasteiger partial charge in [0.25, 0.3) is 0 Å². The number of hydrogen-bond donors (Lipinski definition) is 2. The maximum atomic E-state index is 15.6. The molecule has 2 aromatic rings. The summed E-state index contributed by atoms with van der Waals surface area (Å²) in [5, 5.41) is 2.74. The third-order valence-corrected chi connectivity index (χ3v) is 7.07. The quantitative estimate of drug-likeness (QED) is 0.287. The molecule has 0 unspecified atom stereocenters. The van der Waals surface area contributed by atoms with Crippen molar-refractivity contribution in [2.45, 2.75) is 37.9 Å². The molecule has 0 atom stereocenters. The number of piperidine rings is 1. The number of nitrogens with one attached hydrogen (secondary N) is 1. The Morgan fingerprint density at radius 3 is 2.40 bits per heavy atom. The van der Waals surface area contributed by atoms with E-state index in [-0.39, 0.29) is 47.4 Å². The number of methoxy groups -OCH3 is 1. The summed E-state index contributed by atoms with van der Waals surface area (Å²) in [4.78, 5) is 49.8. The minimum absolute atomic E-state index is 0.0130. The number of halogens is 5. The van der Waals surface area contributed by atoms with E-state index in [0.717, 1.165) is 17.8 Å². The van der Waals surface area contributed by atoms with Gasteiger partial charge in [0.1, 0.15) is 11.3 Å². The van der Waals surface area contributed by atoms with E-state index < -0.39 is 34.9 Å². The molecule has 1 aromatic carbocycles. The normalized spacial score (nSPS) is 15.7. The van der Waals surface area contributed by atoms with E-state index in [2.05, 4.69) is 10.1 Å². The summed E-state index contributed by atoms with van der Waals surface area (Å²) in [6, 6.07) is 0.663. The molecule has 0 bridgehead atoms. The van der Waals surface area contributed by atoms with Gasteiger partial charge in [-0.15, -0.1) is 0 Å². The van der Waals surface area contributed by atoms with Gasteiger partial charge in [0.2, 0.25) is 11.3 Å². The molecule has 15 heteroatoms. The highest BCUT2D eigenvalue weighted by Crippen LogP contribution is 2.44.